The molecule has 0 saturated heterocycles. The number of aliphatic hydroxyl groups is 1. The van der Waals surface area contributed by atoms with Gasteiger partial charge in [-0.2, -0.15) is 26.3 Å². The SMILES string of the molecule is Cc1c(B(O)OC(C)(C)C(C)(C)O)cc(C(F)(F)F)cc1C(F)(F)F. The van der Waals surface area contributed by atoms with E-state index in [1.807, 2.05) is 0 Å². The van der Waals surface area contributed by atoms with E-state index < -0.39 is 52.8 Å². The number of alkyl halides is 6. The molecule has 0 heterocycles. The molecular formula is C15H19BF6O3. The van der Waals surface area contributed by atoms with Crippen LogP contribution in [0.5, 0.6) is 0 Å². The fourth-order valence-corrected chi connectivity index (χ4v) is 1.94. The molecule has 0 aromatic heterocycles. The van der Waals surface area contributed by atoms with Gasteiger partial charge >= 0.3 is 19.5 Å². The van der Waals surface area contributed by atoms with E-state index in [4.69, 9.17) is 4.65 Å². The molecule has 0 aliphatic carbocycles. The largest absolute Gasteiger partial charge is 0.491 e. The summed E-state index contributed by atoms with van der Waals surface area (Å²) < 4.78 is 83.1. The third-order valence-corrected chi connectivity index (χ3v) is 4.23. The lowest BCUT2D eigenvalue weighted by Crippen LogP contribution is -2.53. The highest BCUT2D eigenvalue weighted by atomic mass is 19.4. The van der Waals surface area contributed by atoms with Crippen molar-refractivity contribution in [2.45, 2.75) is 58.2 Å². The van der Waals surface area contributed by atoms with Gasteiger partial charge < -0.3 is 14.8 Å². The summed E-state index contributed by atoms with van der Waals surface area (Å²) in [6.07, 6.45) is -10.1. The van der Waals surface area contributed by atoms with E-state index in [9.17, 15) is 36.5 Å². The molecule has 0 aliphatic rings. The Morgan fingerprint density at radius 3 is 1.76 bits per heavy atom. The summed E-state index contributed by atoms with van der Waals surface area (Å²) in [5.74, 6) is 0. The van der Waals surface area contributed by atoms with Gasteiger partial charge in [0.05, 0.1) is 22.3 Å². The van der Waals surface area contributed by atoms with Crippen molar-refractivity contribution >= 4 is 12.6 Å². The Kier molecular flexibility index (Phi) is 5.65. The molecule has 0 unspecified atom stereocenters. The zero-order valence-corrected chi connectivity index (χ0v) is 14.3. The van der Waals surface area contributed by atoms with Crippen LogP contribution in [0.1, 0.15) is 44.4 Å². The number of halogens is 6. The van der Waals surface area contributed by atoms with Crippen molar-refractivity contribution in [2.24, 2.45) is 0 Å². The van der Waals surface area contributed by atoms with Gasteiger partial charge in [-0.15, -0.1) is 0 Å². The molecular weight excluding hydrogens is 353 g/mol. The summed E-state index contributed by atoms with van der Waals surface area (Å²) in [6.45, 7) is 6.31. The molecule has 1 aromatic rings. The summed E-state index contributed by atoms with van der Waals surface area (Å²) in [5.41, 5.74) is -7.29. The van der Waals surface area contributed by atoms with Crippen molar-refractivity contribution in [3.8, 4) is 0 Å². The second kappa shape index (κ2) is 6.48. The van der Waals surface area contributed by atoms with E-state index in [0.717, 1.165) is 6.92 Å². The standard InChI is InChI=1S/C15H19BF6O3/c1-8-10(15(20,21)22)6-9(14(17,18)19)7-11(8)16(24)25-13(4,5)12(2,3)23/h6-7,23-24H,1-5H3. The highest BCUT2D eigenvalue weighted by Crippen LogP contribution is 2.37. The molecule has 25 heavy (non-hydrogen) atoms. The van der Waals surface area contributed by atoms with Gasteiger partial charge in [-0.05, 0) is 57.8 Å². The van der Waals surface area contributed by atoms with Crippen LogP contribution in [0, 0.1) is 6.92 Å². The minimum atomic E-state index is -5.04. The molecule has 3 nitrogen and oxygen atoms in total. The Morgan fingerprint density at radius 1 is 0.920 bits per heavy atom. The van der Waals surface area contributed by atoms with Crippen LogP contribution in [0.2, 0.25) is 0 Å². The minimum Gasteiger partial charge on any atom is -0.423 e. The van der Waals surface area contributed by atoms with Crippen LogP contribution < -0.4 is 5.46 Å². The zero-order chi connectivity index (χ0) is 20.0. The monoisotopic (exact) mass is 372 g/mol. The van der Waals surface area contributed by atoms with E-state index in [-0.39, 0.29) is 6.07 Å². The lowest BCUT2D eigenvalue weighted by Gasteiger charge is -2.38. The van der Waals surface area contributed by atoms with Crippen molar-refractivity contribution < 1.29 is 41.1 Å². The molecule has 2 N–H and O–H groups in total. The highest BCUT2D eigenvalue weighted by molar-refractivity contribution is 6.60. The van der Waals surface area contributed by atoms with Gasteiger partial charge in [-0.1, -0.05) is 0 Å². The van der Waals surface area contributed by atoms with E-state index in [1.165, 1.54) is 27.7 Å². The van der Waals surface area contributed by atoms with Crippen LogP contribution in [0.4, 0.5) is 26.3 Å². The van der Waals surface area contributed by atoms with Crippen molar-refractivity contribution in [3.05, 3.63) is 28.8 Å². The Balaban J connectivity index is 3.49. The fourth-order valence-electron chi connectivity index (χ4n) is 1.94. The maximum absolute atomic E-state index is 13.1. The van der Waals surface area contributed by atoms with Gasteiger partial charge in [0.25, 0.3) is 0 Å². The first-order valence-corrected chi connectivity index (χ1v) is 7.25. The van der Waals surface area contributed by atoms with Crippen LogP contribution in [0.25, 0.3) is 0 Å². The van der Waals surface area contributed by atoms with Gasteiger partial charge in [-0.25, -0.2) is 0 Å². The van der Waals surface area contributed by atoms with Gasteiger partial charge in [-0.3, -0.25) is 0 Å². The molecule has 142 valence electrons. The summed E-state index contributed by atoms with van der Waals surface area (Å²) in [6, 6.07) is 0.405. The van der Waals surface area contributed by atoms with E-state index in [2.05, 4.69) is 0 Å². The minimum absolute atomic E-state index is 0.00727. The first-order chi connectivity index (χ1) is 10.9. The predicted octanol–water partition coefficient (Wildman–Crippen LogP) is 3.29. The number of benzene rings is 1. The number of hydrogen-bond acceptors (Lipinski definition) is 3. The van der Waals surface area contributed by atoms with Crippen molar-refractivity contribution in [2.75, 3.05) is 0 Å². The van der Waals surface area contributed by atoms with Crippen LogP contribution in [0.15, 0.2) is 12.1 Å². The smallest absolute Gasteiger partial charge is 0.423 e. The first-order valence-electron chi connectivity index (χ1n) is 7.25. The van der Waals surface area contributed by atoms with Crippen molar-refractivity contribution in [1.29, 1.82) is 0 Å². The van der Waals surface area contributed by atoms with Gasteiger partial charge in [0.15, 0.2) is 0 Å². The maximum atomic E-state index is 13.1. The third kappa shape index (κ3) is 4.89. The Labute approximate surface area is 141 Å². The summed E-state index contributed by atoms with van der Waals surface area (Å²) in [7, 11) is -2.09. The number of hydrogen-bond donors (Lipinski definition) is 2. The van der Waals surface area contributed by atoms with Gasteiger partial charge in [0.1, 0.15) is 0 Å². The van der Waals surface area contributed by atoms with Crippen LogP contribution >= 0.6 is 0 Å². The van der Waals surface area contributed by atoms with Gasteiger partial charge in [0, 0.05) is 0 Å². The maximum Gasteiger partial charge on any atom is 0.491 e. The lowest BCUT2D eigenvalue weighted by molar-refractivity contribution is -0.143. The van der Waals surface area contributed by atoms with Crippen LogP contribution in [-0.4, -0.2) is 28.5 Å². The molecule has 10 heteroatoms. The average Bonchev–Trinajstić information content (AvgIpc) is 2.33. The lowest BCUT2D eigenvalue weighted by atomic mass is 9.72. The quantitative estimate of drug-likeness (QED) is 0.630. The second-order valence-corrected chi connectivity index (χ2v) is 6.77. The van der Waals surface area contributed by atoms with E-state index in [0.29, 0.717) is 6.07 Å². The second-order valence-electron chi connectivity index (χ2n) is 6.77. The Bertz CT molecular complexity index is 632. The summed E-state index contributed by atoms with van der Waals surface area (Å²) in [5, 5.41) is 20.1. The van der Waals surface area contributed by atoms with E-state index >= 15 is 0 Å². The topological polar surface area (TPSA) is 49.7 Å². The molecule has 1 aromatic carbocycles. The first kappa shape index (κ1) is 21.8. The number of rotatable bonds is 4. The molecule has 0 radical (unpaired) electrons. The Morgan fingerprint density at radius 2 is 1.40 bits per heavy atom. The molecule has 0 saturated carbocycles. The van der Waals surface area contributed by atoms with E-state index in [1.54, 1.807) is 0 Å². The zero-order valence-electron chi connectivity index (χ0n) is 14.3. The molecule has 0 atom stereocenters. The fraction of sp³-hybridized carbons (Fsp3) is 0.600. The molecule has 0 spiro atoms. The van der Waals surface area contributed by atoms with Crippen LogP contribution in [-0.2, 0) is 17.0 Å². The average molecular weight is 372 g/mol. The molecule has 0 bridgehead atoms. The summed E-state index contributed by atoms with van der Waals surface area (Å²) >= 11 is 0. The van der Waals surface area contributed by atoms with Gasteiger partial charge in [0.2, 0.25) is 0 Å². The van der Waals surface area contributed by atoms with Crippen molar-refractivity contribution in [3.63, 3.8) is 0 Å². The van der Waals surface area contributed by atoms with Crippen LogP contribution in [0.3, 0.4) is 0 Å². The molecule has 0 fully saturated rings. The third-order valence-electron chi connectivity index (χ3n) is 4.23. The molecule has 0 aliphatic heterocycles. The normalized spacial score (nSPS) is 14.0. The predicted molar refractivity (Wildman–Crippen MR) is 80.3 cm³/mol. The molecule has 0 amide bonds. The molecule has 1 rings (SSSR count). The Hall–Kier alpha value is -1.26. The highest BCUT2D eigenvalue weighted by Gasteiger charge is 2.43. The summed E-state index contributed by atoms with van der Waals surface area (Å²) in [4.78, 5) is 0. The van der Waals surface area contributed by atoms with Crippen molar-refractivity contribution in [1.82, 2.24) is 0 Å².